The van der Waals surface area contributed by atoms with Crippen LogP contribution in [0.4, 0.5) is 0 Å². The van der Waals surface area contributed by atoms with E-state index in [0.717, 1.165) is 5.56 Å². The van der Waals surface area contributed by atoms with E-state index in [0.29, 0.717) is 16.6 Å². The van der Waals surface area contributed by atoms with Crippen molar-refractivity contribution in [2.75, 3.05) is 0 Å². The van der Waals surface area contributed by atoms with E-state index in [9.17, 15) is 4.79 Å². The third-order valence-corrected chi connectivity index (χ3v) is 2.52. The van der Waals surface area contributed by atoms with Gasteiger partial charge in [0.2, 0.25) is 5.90 Å². The summed E-state index contributed by atoms with van der Waals surface area (Å²) >= 11 is 5.86. The number of cyclic esters (lactones) is 1. The Morgan fingerprint density at radius 2 is 2.18 bits per heavy atom. The number of ether oxygens (including phenoxy) is 1. The first-order chi connectivity index (χ1) is 8.06. The molecule has 1 aliphatic rings. The van der Waals surface area contributed by atoms with Crippen molar-refractivity contribution in [3.63, 3.8) is 0 Å². The zero-order valence-corrected chi connectivity index (χ0v) is 10.4. The molecule has 0 unspecified atom stereocenters. The standard InChI is InChI=1S/C13H12ClNO2/c1-8(2)12-15-11(13(16)17-12)7-9-4-3-5-10(14)6-9/h3-8H,1-2H3/b11-7+. The molecule has 0 fully saturated rings. The molecule has 3 nitrogen and oxygen atoms in total. The quantitative estimate of drug-likeness (QED) is 0.596. The molecule has 0 aliphatic carbocycles. The Labute approximate surface area is 105 Å². The van der Waals surface area contributed by atoms with Crippen molar-refractivity contribution in [2.24, 2.45) is 10.9 Å². The second kappa shape index (κ2) is 4.72. The fourth-order valence-corrected chi connectivity index (χ4v) is 1.63. The third-order valence-electron chi connectivity index (χ3n) is 2.28. The summed E-state index contributed by atoms with van der Waals surface area (Å²) < 4.78 is 5.05. The van der Waals surface area contributed by atoms with Gasteiger partial charge in [0.25, 0.3) is 0 Å². The lowest BCUT2D eigenvalue weighted by Crippen LogP contribution is -2.09. The van der Waals surface area contributed by atoms with Gasteiger partial charge in [-0.2, -0.15) is 0 Å². The van der Waals surface area contributed by atoms with Crippen molar-refractivity contribution in [2.45, 2.75) is 13.8 Å². The number of nitrogens with zero attached hydrogens (tertiary/aromatic N) is 1. The molecule has 1 heterocycles. The zero-order chi connectivity index (χ0) is 12.4. The molecule has 2 rings (SSSR count). The van der Waals surface area contributed by atoms with Crippen LogP contribution in [0.3, 0.4) is 0 Å². The molecular formula is C13H12ClNO2. The second-order valence-corrected chi connectivity index (χ2v) is 4.52. The van der Waals surface area contributed by atoms with Crippen LogP contribution in [0.2, 0.25) is 5.02 Å². The summed E-state index contributed by atoms with van der Waals surface area (Å²) in [6.45, 7) is 3.85. The monoisotopic (exact) mass is 249 g/mol. The van der Waals surface area contributed by atoms with Crippen LogP contribution in [0, 0.1) is 5.92 Å². The van der Waals surface area contributed by atoms with Crippen LogP contribution in [0.1, 0.15) is 19.4 Å². The fraction of sp³-hybridized carbons (Fsp3) is 0.231. The molecule has 0 amide bonds. The molecule has 0 aromatic heterocycles. The molecule has 0 radical (unpaired) electrons. The predicted octanol–water partition coefficient (Wildman–Crippen LogP) is 3.29. The van der Waals surface area contributed by atoms with Crippen molar-refractivity contribution < 1.29 is 9.53 Å². The summed E-state index contributed by atoms with van der Waals surface area (Å²) in [5.74, 6) is 0.154. The molecule has 0 saturated heterocycles. The highest BCUT2D eigenvalue weighted by molar-refractivity contribution is 6.30. The molecule has 1 aromatic rings. The molecule has 0 spiro atoms. The maximum Gasteiger partial charge on any atom is 0.363 e. The van der Waals surface area contributed by atoms with E-state index in [1.165, 1.54) is 0 Å². The number of esters is 1. The van der Waals surface area contributed by atoms with Crippen LogP contribution < -0.4 is 0 Å². The minimum atomic E-state index is -0.409. The van der Waals surface area contributed by atoms with Crippen LogP contribution in [0.15, 0.2) is 35.0 Å². The molecule has 0 saturated carbocycles. The average molecular weight is 250 g/mol. The molecule has 0 atom stereocenters. The van der Waals surface area contributed by atoms with Crippen molar-refractivity contribution in [1.29, 1.82) is 0 Å². The largest absolute Gasteiger partial charge is 0.407 e. The van der Waals surface area contributed by atoms with Gasteiger partial charge < -0.3 is 4.74 Å². The van der Waals surface area contributed by atoms with E-state index in [1.807, 2.05) is 26.0 Å². The van der Waals surface area contributed by atoms with Crippen LogP contribution in [0.5, 0.6) is 0 Å². The Kier molecular flexibility index (Phi) is 3.29. The van der Waals surface area contributed by atoms with E-state index in [4.69, 9.17) is 16.3 Å². The first-order valence-electron chi connectivity index (χ1n) is 5.34. The van der Waals surface area contributed by atoms with Gasteiger partial charge in [-0.25, -0.2) is 9.79 Å². The maximum absolute atomic E-state index is 11.5. The Morgan fingerprint density at radius 1 is 1.41 bits per heavy atom. The molecule has 4 heteroatoms. The molecule has 88 valence electrons. The number of hydrogen-bond acceptors (Lipinski definition) is 3. The summed E-state index contributed by atoms with van der Waals surface area (Å²) in [5, 5.41) is 0.624. The van der Waals surface area contributed by atoms with Gasteiger partial charge in [-0.15, -0.1) is 0 Å². The van der Waals surface area contributed by atoms with Gasteiger partial charge in [0, 0.05) is 10.9 Å². The lowest BCUT2D eigenvalue weighted by molar-refractivity contribution is -0.130. The van der Waals surface area contributed by atoms with Crippen molar-refractivity contribution in [3.05, 3.63) is 40.5 Å². The zero-order valence-electron chi connectivity index (χ0n) is 9.61. The van der Waals surface area contributed by atoms with Gasteiger partial charge in [0.1, 0.15) is 0 Å². The highest BCUT2D eigenvalue weighted by Crippen LogP contribution is 2.20. The summed E-state index contributed by atoms with van der Waals surface area (Å²) in [5.41, 5.74) is 1.15. The number of benzene rings is 1. The highest BCUT2D eigenvalue weighted by atomic mass is 35.5. The second-order valence-electron chi connectivity index (χ2n) is 4.08. The number of carbonyl (C=O) groups is 1. The minimum absolute atomic E-state index is 0.101. The maximum atomic E-state index is 11.5. The lowest BCUT2D eigenvalue weighted by Gasteiger charge is -1.99. The molecule has 0 N–H and O–H groups in total. The molecule has 0 bridgehead atoms. The van der Waals surface area contributed by atoms with E-state index >= 15 is 0 Å². The topological polar surface area (TPSA) is 38.7 Å². The van der Waals surface area contributed by atoms with Crippen molar-refractivity contribution in [1.82, 2.24) is 0 Å². The van der Waals surface area contributed by atoms with Crippen molar-refractivity contribution in [3.8, 4) is 0 Å². The van der Waals surface area contributed by atoms with Crippen LogP contribution in [0.25, 0.3) is 6.08 Å². The smallest absolute Gasteiger partial charge is 0.363 e. The number of hydrogen-bond donors (Lipinski definition) is 0. The Balaban J connectivity index is 2.31. The van der Waals surface area contributed by atoms with Gasteiger partial charge in [-0.05, 0) is 23.8 Å². The molecular weight excluding hydrogens is 238 g/mol. The third kappa shape index (κ3) is 2.74. The predicted molar refractivity (Wildman–Crippen MR) is 67.8 cm³/mol. The first kappa shape index (κ1) is 11.9. The van der Waals surface area contributed by atoms with Gasteiger partial charge in [0.15, 0.2) is 5.70 Å². The van der Waals surface area contributed by atoms with Gasteiger partial charge >= 0.3 is 5.97 Å². The summed E-state index contributed by atoms with van der Waals surface area (Å²) in [6, 6.07) is 7.22. The molecule has 17 heavy (non-hydrogen) atoms. The molecule has 1 aliphatic heterocycles. The van der Waals surface area contributed by atoms with E-state index in [2.05, 4.69) is 4.99 Å². The fourth-order valence-electron chi connectivity index (χ4n) is 1.43. The van der Waals surface area contributed by atoms with Gasteiger partial charge in [0.05, 0.1) is 0 Å². The summed E-state index contributed by atoms with van der Waals surface area (Å²) in [6.07, 6.45) is 1.67. The van der Waals surface area contributed by atoms with E-state index in [1.54, 1.807) is 18.2 Å². The molecule has 1 aromatic carbocycles. The van der Waals surface area contributed by atoms with Gasteiger partial charge in [-0.1, -0.05) is 37.6 Å². The summed E-state index contributed by atoms with van der Waals surface area (Å²) in [4.78, 5) is 15.7. The highest BCUT2D eigenvalue weighted by Gasteiger charge is 2.24. The number of rotatable bonds is 2. The van der Waals surface area contributed by atoms with Gasteiger partial charge in [-0.3, -0.25) is 0 Å². The van der Waals surface area contributed by atoms with E-state index < -0.39 is 5.97 Å². The number of halogens is 1. The number of aliphatic imine (C=N–C) groups is 1. The first-order valence-corrected chi connectivity index (χ1v) is 5.72. The Morgan fingerprint density at radius 3 is 2.76 bits per heavy atom. The van der Waals surface area contributed by atoms with Crippen LogP contribution >= 0.6 is 11.6 Å². The lowest BCUT2D eigenvalue weighted by atomic mass is 10.2. The van der Waals surface area contributed by atoms with Crippen molar-refractivity contribution >= 4 is 29.5 Å². The summed E-state index contributed by atoms with van der Waals surface area (Å²) in [7, 11) is 0. The van der Waals surface area contributed by atoms with Crippen LogP contribution in [-0.4, -0.2) is 11.9 Å². The minimum Gasteiger partial charge on any atom is -0.407 e. The number of carbonyl (C=O) groups excluding carboxylic acids is 1. The SMILES string of the molecule is CC(C)C1=N/C(=C/c2cccc(Cl)c2)C(=O)O1. The Hall–Kier alpha value is -1.61. The Bertz CT molecular complexity index is 518. The van der Waals surface area contributed by atoms with Crippen LogP contribution in [-0.2, 0) is 9.53 Å². The normalized spacial score (nSPS) is 17.5. The average Bonchev–Trinajstić information content (AvgIpc) is 2.61. The van der Waals surface area contributed by atoms with E-state index in [-0.39, 0.29) is 5.92 Å².